The molecule has 0 aliphatic carbocycles. The molecule has 0 bridgehead atoms. The molecule has 0 aliphatic heterocycles. The lowest BCUT2D eigenvalue weighted by molar-refractivity contribution is 0.282. The maximum atomic E-state index is 8.69. The van der Waals surface area contributed by atoms with E-state index in [1.165, 1.54) is 51.4 Å². The Labute approximate surface area is 136 Å². The van der Waals surface area contributed by atoms with E-state index in [1.54, 1.807) is 0 Å². The number of ether oxygens (including phenoxy) is 1. The molecule has 0 radical (unpaired) electrons. The van der Waals surface area contributed by atoms with Crippen LogP contribution in [0.2, 0.25) is 0 Å². The van der Waals surface area contributed by atoms with Gasteiger partial charge in [0, 0.05) is 6.61 Å². The third-order valence-corrected chi connectivity index (χ3v) is 3.94. The second-order valence-corrected chi connectivity index (χ2v) is 5.88. The zero-order valence-electron chi connectivity index (χ0n) is 13.9. The average Bonchev–Trinajstić information content (AvgIpc) is 2.56. The summed E-state index contributed by atoms with van der Waals surface area (Å²) in [5, 5.41) is 8.69. The van der Waals surface area contributed by atoms with Gasteiger partial charge in [0.15, 0.2) is 0 Å². The van der Waals surface area contributed by atoms with E-state index >= 15 is 0 Å². The number of aliphatic hydroxyl groups excluding tert-OH is 1. The van der Waals surface area contributed by atoms with Gasteiger partial charge in [0.25, 0.3) is 0 Å². The molecule has 0 heterocycles. The fourth-order valence-electron chi connectivity index (χ4n) is 2.52. The minimum atomic E-state index is 0.348. The number of benzene rings is 1. The van der Waals surface area contributed by atoms with Crippen molar-refractivity contribution >= 4 is 6.08 Å². The summed E-state index contributed by atoms with van der Waals surface area (Å²) in [5.41, 5.74) is 1.13. The maximum absolute atomic E-state index is 8.69. The van der Waals surface area contributed by atoms with E-state index in [0.29, 0.717) is 6.61 Å². The van der Waals surface area contributed by atoms with Gasteiger partial charge in [0.05, 0.1) is 6.61 Å². The Morgan fingerprint density at radius 1 is 0.773 bits per heavy atom. The van der Waals surface area contributed by atoms with Crippen LogP contribution in [-0.2, 0) is 0 Å². The second kappa shape index (κ2) is 13.4. The normalized spacial score (nSPS) is 10.6. The summed E-state index contributed by atoms with van der Waals surface area (Å²) < 4.78 is 5.73. The summed E-state index contributed by atoms with van der Waals surface area (Å²) in [4.78, 5) is 0. The zero-order valence-corrected chi connectivity index (χ0v) is 13.9. The molecule has 0 atom stereocenters. The molecule has 2 heteroatoms. The number of hydrogen-bond acceptors (Lipinski definition) is 2. The maximum Gasteiger partial charge on any atom is 0.119 e. The molecule has 0 unspecified atom stereocenters. The average molecular weight is 304 g/mol. The van der Waals surface area contributed by atoms with Gasteiger partial charge in [-0.1, -0.05) is 76.2 Å². The van der Waals surface area contributed by atoms with Crippen LogP contribution < -0.4 is 4.74 Å². The molecular weight excluding hydrogens is 272 g/mol. The first-order valence-electron chi connectivity index (χ1n) is 8.83. The Morgan fingerprint density at radius 2 is 1.27 bits per heavy atom. The van der Waals surface area contributed by atoms with Crippen LogP contribution in [0.15, 0.2) is 30.8 Å². The van der Waals surface area contributed by atoms with E-state index < -0.39 is 0 Å². The number of aliphatic hydroxyl groups is 1. The van der Waals surface area contributed by atoms with Crippen LogP contribution in [0.4, 0.5) is 0 Å². The van der Waals surface area contributed by atoms with Gasteiger partial charge in [-0.05, 0) is 30.5 Å². The lowest BCUT2D eigenvalue weighted by atomic mass is 10.1. The van der Waals surface area contributed by atoms with Gasteiger partial charge in [-0.15, -0.1) is 0 Å². The highest BCUT2D eigenvalue weighted by Crippen LogP contribution is 2.14. The van der Waals surface area contributed by atoms with Crippen molar-refractivity contribution in [3.63, 3.8) is 0 Å². The van der Waals surface area contributed by atoms with Crippen LogP contribution in [0.1, 0.15) is 69.8 Å². The summed E-state index contributed by atoms with van der Waals surface area (Å²) in [6.45, 7) is 4.91. The molecule has 124 valence electrons. The van der Waals surface area contributed by atoms with Crippen molar-refractivity contribution < 1.29 is 9.84 Å². The first kappa shape index (κ1) is 18.8. The van der Waals surface area contributed by atoms with Crippen molar-refractivity contribution in [2.45, 2.75) is 64.2 Å². The van der Waals surface area contributed by atoms with Gasteiger partial charge in [0.2, 0.25) is 0 Å². The fourth-order valence-corrected chi connectivity index (χ4v) is 2.52. The zero-order chi connectivity index (χ0) is 15.9. The van der Waals surface area contributed by atoms with Gasteiger partial charge in [-0.3, -0.25) is 0 Å². The van der Waals surface area contributed by atoms with E-state index in [0.717, 1.165) is 30.8 Å². The molecule has 0 fully saturated rings. The Hall–Kier alpha value is -1.28. The molecule has 0 spiro atoms. The Balaban J connectivity index is 1.86. The molecule has 0 aromatic heterocycles. The van der Waals surface area contributed by atoms with Crippen LogP contribution in [-0.4, -0.2) is 18.3 Å². The lowest BCUT2D eigenvalue weighted by Gasteiger charge is -2.06. The predicted molar refractivity (Wildman–Crippen MR) is 95.3 cm³/mol. The van der Waals surface area contributed by atoms with Gasteiger partial charge in [0.1, 0.15) is 5.75 Å². The highest BCUT2D eigenvalue weighted by Gasteiger charge is 1.95. The van der Waals surface area contributed by atoms with Crippen molar-refractivity contribution in [1.29, 1.82) is 0 Å². The summed E-state index contributed by atoms with van der Waals surface area (Å²) in [5.74, 6) is 0.952. The minimum Gasteiger partial charge on any atom is -0.494 e. The largest absolute Gasteiger partial charge is 0.494 e. The molecule has 0 saturated carbocycles. The van der Waals surface area contributed by atoms with E-state index in [9.17, 15) is 0 Å². The SMILES string of the molecule is C=Cc1ccc(OCCCCCCCCCCCCO)cc1. The standard InChI is InChI=1S/C20H32O2/c1-2-19-13-15-20(16-14-19)22-18-12-10-8-6-4-3-5-7-9-11-17-21/h2,13-16,21H,1,3-12,17-18H2. The topological polar surface area (TPSA) is 29.5 Å². The van der Waals surface area contributed by atoms with Crippen molar-refractivity contribution in [2.75, 3.05) is 13.2 Å². The van der Waals surface area contributed by atoms with E-state index in [1.807, 2.05) is 30.3 Å². The van der Waals surface area contributed by atoms with Crippen LogP contribution in [0.5, 0.6) is 5.75 Å². The first-order valence-corrected chi connectivity index (χ1v) is 8.83. The third-order valence-electron chi connectivity index (χ3n) is 3.94. The molecule has 0 saturated heterocycles. The molecule has 1 aromatic carbocycles. The molecule has 1 aromatic rings. The Bertz CT molecular complexity index is 370. The summed E-state index contributed by atoms with van der Waals surface area (Å²) in [6.07, 6.45) is 14.3. The monoisotopic (exact) mass is 304 g/mol. The third kappa shape index (κ3) is 9.62. The Kier molecular flexibility index (Phi) is 11.4. The van der Waals surface area contributed by atoms with E-state index in [-0.39, 0.29) is 0 Å². The first-order chi connectivity index (χ1) is 10.9. The highest BCUT2D eigenvalue weighted by atomic mass is 16.5. The molecule has 22 heavy (non-hydrogen) atoms. The molecule has 1 N–H and O–H groups in total. The minimum absolute atomic E-state index is 0.348. The van der Waals surface area contributed by atoms with Crippen LogP contribution in [0.25, 0.3) is 6.08 Å². The van der Waals surface area contributed by atoms with E-state index in [4.69, 9.17) is 9.84 Å². The lowest BCUT2D eigenvalue weighted by Crippen LogP contribution is -1.97. The van der Waals surface area contributed by atoms with Crippen LogP contribution in [0.3, 0.4) is 0 Å². The quantitative estimate of drug-likeness (QED) is 0.453. The molecule has 0 aliphatic rings. The molecule has 1 rings (SSSR count). The number of unbranched alkanes of at least 4 members (excludes halogenated alkanes) is 9. The molecule has 2 nitrogen and oxygen atoms in total. The van der Waals surface area contributed by atoms with Crippen LogP contribution >= 0.6 is 0 Å². The van der Waals surface area contributed by atoms with E-state index in [2.05, 4.69) is 6.58 Å². The van der Waals surface area contributed by atoms with Crippen molar-refractivity contribution in [1.82, 2.24) is 0 Å². The molecule has 0 amide bonds. The van der Waals surface area contributed by atoms with Gasteiger partial charge in [-0.25, -0.2) is 0 Å². The van der Waals surface area contributed by atoms with Crippen molar-refractivity contribution in [2.24, 2.45) is 0 Å². The fraction of sp³-hybridized carbons (Fsp3) is 0.600. The summed E-state index contributed by atoms with van der Waals surface area (Å²) >= 11 is 0. The van der Waals surface area contributed by atoms with Gasteiger partial charge in [-0.2, -0.15) is 0 Å². The van der Waals surface area contributed by atoms with Gasteiger partial charge >= 0.3 is 0 Å². The smallest absolute Gasteiger partial charge is 0.119 e. The van der Waals surface area contributed by atoms with Crippen molar-refractivity contribution in [3.8, 4) is 5.75 Å². The second-order valence-electron chi connectivity index (χ2n) is 5.88. The molecular formula is C20H32O2. The Morgan fingerprint density at radius 3 is 1.77 bits per heavy atom. The predicted octanol–water partition coefficient (Wildman–Crippen LogP) is 5.60. The number of rotatable bonds is 14. The summed E-state index contributed by atoms with van der Waals surface area (Å²) in [7, 11) is 0. The van der Waals surface area contributed by atoms with Crippen LogP contribution in [0, 0.1) is 0 Å². The van der Waals surface area contributed by atoms with Gasteiger partial charge < -0.3 is 9.84 Å². The number of hydrogen-bond donors (Lipinski definition) is 1. The highest BCUT2D eigenvalue weighted by molar-refractivity contribution is 5.48. The van der Waals surface area contributed by atoms with Crippen molar-refractivity contribution in [3.05, 3.63) is 36.4 Å². The summed E-state index contributed by atoms with van der Waals surface area (Å²) in [6, 6.07) is 8.08.